The minimum absolute atomic E-state index is 0.387. The molecule has 0 heterocycles. The Hall–Kier alpha value is 0.960. The number of halogens is 3. The molecule has 0 atom stereocenters. The fourth-order valence-electron chi connectivity index (χ4n) is 0.0168. The van der Waals surface area contributed by atoms with Crippen molar-refractivity contribution in [3.63, 3.8) is 0 Å². The summed E-state index contributed by atoms with van der Waals surface area (Å²) in [7, 11) is 5.98. The van der Waals surface area contributed by atoms with Crippen LogP contribution in [0.1, 0.15) is 0 Å². The van der Waals surface area contributed by atoms with Crippen LogP contribution in [0.4, 0.5) is 0 Å². The molecule has 4 heteroatoms. The summed E-state index contributed by atoms with van der Waals surface area (Å²) >= 11 is 10.3. The van der Waals surface area contributed by atoms with Crippen molar-refractivity contribution in [2.24, 2.45) is 0 Å². The molecular formula is C2HCl3S. The smallest absolute Gasteiger partial charge is 0.0907 e. The Kier molecular flexibility index (Phi) is 4.79. The third-order valence-electron chi connectivity index (χ3n) is 0.159. The lowest BCUT2D eigenvalue weighted by Crippen LogP contribution is -1.41. The maximum absolute atomic E-state index is 5.21. The average Bonchev–Trinajstić information content (AvgIpc) is 1.65. The van der Waals surface area contributed by atoms with Crippen molar-refractivity contribution < 1.29 is 0 Å². The normalized spacial score (nSPS) is 12.2. The zero-order chi connectivity index (χ0) is 4.99. The molecule has 36 valence electrons. The van der Waals surface area contributed by atoms with Crippen LogP contribution in [0.3, 0.4) is 0 Å². The van der Waals surface area contributed by atoms with Crippen LogP contribution in [0, 0.1) is 0 Å². The maximum atomic E-state index is 5.21. The van der Waals surface area contributed by atoms with E-state index in [0.29, 0.717) is 4.36 Å². The summed E-state index contributed by atoms with van der Waals surface area (Å²) in [4.78, 5) is 0. The van der Waals surface area contributed by atoms with E-state index in [1.165, 1.54) is 5.54 Å². The van der Waals surface area contributed by atoms with Crippen molar-refractivity contribution in [2.75, 3.05) is 0 Å². The zero-order valence-electron chi connectivity index (χ0n) is 2.62. The van der Waals surface area contributed by atoms with Gasteiger partial charge in [-0.05, 0) is 21.7 Å². The fourth-order valence-corrected chi connectivity index (χ4v) is 0.455. The van der Waals surface area contributed by atoms with E-state index in [9.17, 15) is 0 Å². The Morgan fingerprint density at radius 3 is 2.17 bits per heavy atom. The first kappa shape index (κ1) is 6.96. The Morgan fingerprint density at radius 2 is 2.17 bits per heavy atom. The molecule has 0 aromatic heterocycles. The second kappa shape index (κ2) is 4.13. The molecule has 0 bridgehead atoms. The summed E-state index contributed by atoms with van der Waals surface area (Å²) in [6.07, 6.45) is 0. The van der Waals surface area contributed by atoms with Gasteiger partial charge in [0.25, 0.3) is 0 Å². The van der Waals surface area contributed by atoms with E-state index in [2.05, 4.69) is 0 Å². The van der Waals surface area contributed by atoms with Gasteiger partial charge in [0.1, 0.15) is 4.36 Å². The molecule has 0 rings (SSSR count). The molecule has 0 aliphatic rings. The Morgan fingerprint density at radius 1 is 1.67 bits per heavy atom. The van der Waals surface area contributed by atoms with Gasteiger partial charge in [-0.15, -0.1) is 0 Å². The molecule has 0 spiro atoms. The van der Waals surface area contributed by atoms with Crippen LogP contribution in [-0.2, 0) is 0 Å². The van der Waals surface area contributed by atoms with Crippen LogP contribution in [0.25, 0.3) is 0 Å². The van der Waals surface area contributed by atoms with Crippen LogP contribution >= 0.6 is 44.9 Å². The second-order valence-corrected chi connectivity index (χ2v) is 2.40. The summed E-state index contributed by atoms with van der Waals surface area (Å²) in [5.41, 5.74) is 1.21. The van der Waals surface area contributed by atoms with Gasteiger partial charge in [0.2, 0.25) is 0 Å². The summed E-state index contributed by atoms with van der Waals surface area (Å²) in [6, 6.07) is 0. The predicted molar refractivity (Wildman–Crippen MR) is 33.2 cm³/mol. The maximum Gasteiger partial charge on any atom is 0.100 e. The molecule has 0 fully saturated rings. The first-order valence-electron chi connectivity index (χ1n) is 1.05. The number of hydrogen-bond donors (Lipinski definition) is 0. The molecule has 0 radical (unpaired) electrons. The standard InChI is InChI=1S/C2HCl3S/c3-1-2(4)6-5/h1H. The van der Waals surface area contributed by atoms with Gasteiger partial charge in [-0.3, -0.25) is 0 Å². The molecule has 0 N–H and O–H groups in total. The molecule has 0 saturated carbocycles. The molecule has 0 aromatic carbocycles. The number of rotatable bonds is 1. The van der Waals surface area contributed by atoms with Gasteiger partial charge >= 0.3 is 0 Å². The summed E-state index contributed by atoms with van der Waals surface area (Å²) in [5, 5.41) is 0. The minimum atomic E-state index is 0.387. The Balaban J connectivity index is 3.22. The highest BCUT2D eigenvalue weighted by atomic mass is 35.7. The van der Waals surface area contributed by atoms with Crippen molar-refractivity contribution in [3.8, 4) is 0 Å². The molecular weight excluding hydrogens is 162 g/mol. The van der Waals surface area contributed by atoms with E-state index in [1.807, 2.05) is 0 Å². The largest absolute Gasteiger partial charge is 0.100 e. The minimum Gasteiger partial charge on any atom is -0.0907 e. The molecule has 0 aromatic rings. The van der Waals surface area contributed by atoms with E-state index in [4.69, 9.17) is 33.9 Å². The monoisotopic (exact) mass is 162 g/mol. The van der Waals surface area contributed by atoms with Gasteiger partial charge in [-0.2, -0.15) is 0 Å². The molecule has 6 heavy (non-hydrogen) atoms. The summed E-state index contributed by atoms with van der Waals surface area (Å²) in [5.74, 6) is 0. The van der Waals surface area contributed by atoms with Crippen LogP contribution in [-0.4, -0.2) is 0 Å². The molecule has 0 unspecified atom stereocenters. The zero-order valence-corrected chi connectivity index (χ0v) is 5.70. The first-order chi connectivity index (χ1) is 2.81. The Bertz CT molecular complexity index is 59.8. The van der Waals surface area contributed by atoms with Gasteiger partial charge < -0.3 is 0 Å². The van der Waals surface area contributed by atoms with E-state index < -0.39 is 0 Å². The van der Waals surface area contributed by atoms with Gasteiger partial charge in [-0.1, -0.05) is 23.2 Å². The van der Waals surface area contributed by atoms with Crippen molar-refractivity contribution in [2.45, 2.75) is 0 Å². The van der Waals surface area contributed by atoms with E-state index in [-0.39, 0.29) is 0 Å². The third-order valence-corrected chi connectivity index (χ3v) is 1.96. The lowest BCUT2D eigenvalue weighted by atomic mass is 11.2. The van der Waals surface area contributed by atoms with Crippen molar-refractivity contribution in [1.82, 2.24) is 0 Å². The fraction of sp³-hybridized carbons (Fsp3) is 0. The molecule has 0 nitrogen and oxygen atoms in total. The highest BCUT2D eigenvalue weighted by molar-refractivity contribution is 8.25. The second-order valence-electron chi connectivity index (χ2n) is 0.490. The predicted octanol–water partition coefficient (Wildman–Crippen LogP) is 3.15. The van der Waals surface area contributed by atoms with Crippen LogP contribution in [0.15, 0.2) is 9.90 Å². The molecule has 0 aliphatic carbocycles. The number of hydrogen-bond acceptors (Lipinski definition) is 1. The molecule has 0 aliphatic heterocycles. The van der Waals surface area contributed by atoms with Crippen molar-refractivity contribution in [3.05, 3.63) is 9.90 Å². The van der Waals surface area contributed by atoms with E-state index in [1.54, 1.807) is 0 Å². The third kappa shape index (κ3) is 3.16. The van der Waals surface area contributed by atoms with E-state index >= 15 is 0 Å². The molecule has 0 amide bonds. The quantitative estimate of drug-likeness (QED) is 0.572. The Labute approximate surface area is 55.0 Å². The first-order valence-corrected chi connectivity index (χ1v) is 3.51. The van der Waals surface area contributed by atoms with Crippen LogP contribution < -0.4 is 0 Å². The van der Waals surface area contributed by atoms with Gasteiger partial charge in [0.05, 0.1) is 0 Å². The topological polar surface area (TPSA) is 0 Å². The lowest BCUT2D eigenvalue weighted by Gasteiger charge is -1.76. The van der Waals surface area contributed by atoms with Crippen molar-refractivity contribution >= 4 is 44.9 Å². The average molecular weight is 163 g/mol. The molecule has 0 saturated heterocycles. The van der Waals surface area contributed by atoms with E-state index in [0.717, 1.165) is 11.0 Å². The highest BCUT2D eigenvalue weighted by Crippen LogP contribution is 2.23. The van der Waals surface area contributed by atoms with Crippen LogP contribution in [0.2, 0.25) is 0 Å². The van der Waals surface area contributed by atoms with Gasteiger partial charge in [0.15, 0.2) is 0 Å². The summed E-state index contributed by atoms with van der Waals surface area (Å²) < 4.78 is 0.387. The van der Waals surface area contributed by atoms with Gasteiger partial charge in [0, 0.05) is 5.54 Å². The SMILES string of the molecule is ClC=C(Cl)SCl. The lowest BCUT2D eigenvalue weighted by molar-refractivity contribution is 2.41. The summed E-state index contributed by atoms with van der Waals surface area (Å²) in [6.45, 7) is 0. The van der Waals surface area contributed by atoms with Crippen molar-refractivity contribution in [1.29, 1.82) is 0 Å². The highest BCUT2D eigenvalue weighted by Gasteiger charge is 1.81. The van der Waals surface area contributed by atoms with Gasteiger partial charge in [-0.25, -0.2) is 0 Å². The van der Waals surface area contributed by atoms with Crippen LogP contribution in [0.5, 0.6) is 0 Å².